The summed E-state index contributed by atoms with van der Waals surface area (Å²) in [5, 5.41) is 5.86. The third-order valence-electron chi connectivity index (χ3n) is 2.79. The van der Waals surface area contributed by atoms with Crippen LogP contribution in [0.1, 0.15) is 13.3 Å². The van der Waals surface area contributed by atoms with Crippen LogP contribution in [0.3, 0.4) is 0 Å². The third-order valence-corrected chi connectivity index (χ3v) is 2.79. The van der Waals surface area contributed by atoms with Crippen LogP contribution in [0, 0.1) is 11.8 Å². The molecule has 0 spiro atoms. The van der Waals surface area contributed by atoms with E-state index in [-0.39, 0.29) is 24.2 Å². The monoisotopic (exact) mass is 214 g/mol. The van der Waals surface area contributed by atoms with E-state index >= 15 is 0 Å². The fourth-order valence-electron chi connectivity index (χ4n) is 1.43. The van der Waals surface area contributed by atoms with E-state index in [1.807, 2.05) is 6.92 Å². The lowest BCUT2D eigenvalue weighted by Crippen LogP contribution is -2.49. The molecule has 0 aromatic rings. The summed E-state index contributed by atoms with van der Waals surface area (Å²) >= 11 is 0. The van der Waals surface area contributed by atoms with E-state index in [9.17, 15) is 9.59 Å². The number of methoxy groups -OCH3 is 1. The van der Waals surface area contributed by atoms with Crippen LogP contribution in [0.4, 0.5) is 0 Å². The average molecular weight is 214 g/mol. The van der Waals surface area contributed by atoms with Crippen LogP contribution in [-0.4, -0.2) is 38.6 Å². The summed E-state index contributed by atoms with van der Waals surface area (Å²) in [5.41, 5.74) is 0. The van der Waals surface area contributed by atoms with Gasteiger partial charge in [-0.15, -0.1) is 0 Å². The Kier molecular flexibility index (Phi) is 4.55. The fourth-order valence-corrected chi connectivity index (χ4v) is 1.43. The topological polar surface area (TPSA) is 67.4 Å². The van der Waals surface area contributed by atoms with Crippen molar-refractivity contribution >= 4 is 11.9 Å². The maximum atomic E-state index is 11.6. The number of hydrogen-bond acceptors (Lipinski definition) is 4. The van der Waals surface area contributed by atoms with Gasteiger partial charge >= 0.3 is 5.97 Å². The Balaban J connectivity index is 2.14. The van der Waals surface area contributed by atoms with Crippen molar-refractivity contribution in [3.63, 3.8) is 0 Å². The van der Waals surface area contributed by atoms with Gasteiger partial charge < -0.3 is 15.4 Å². The van der Waals surface area contributed by atoms with Crippen molar-refractivity contribution < 1.29 is 14.3 Å². The smallest absolute Gasteiger partial charge is 0.307 e. The highest BCUT2D eigenvalue weighted by molar-refractivity contribution is 5.79. The molecule has 0 saturated carbocycles. The third kappa shape index (κ3) is 3.51. The standard InChI is InChI=1S/C10H18N2O3/c1-7(8-5-11-6-8)10(14)12-4-3-9(13)15-2/h7-8,11H,3-6H2,1-2H3,(H,12,14). The Labute approximate surface area is 89.6 Å². The quantitative estimate of drug-likeness (QED) is 0.607. The number of rotatable bonds is 5. The second-order valence-electron chi connectivity index (χ2n) is 3.82. The molecule has 86 valence electrons. The number of carbonyl (C=O) groups is 2. The largest absolute Gasteiger partial charge is 0.469 e. The minimum atomic E-state index is -0.298. The lowest BCUT2D eigenvalue weighted by atomic mass is 9.88. The van der Waals surface area contributed by atoms with Gasteiger partial charge in [-0.25, -0.2) is 0 Å². The molecule has 1 aliphatic heterocycles. The molecule has 1 aliphatic rings. The van der Waals surface area contributed by atoms with Crippen molar-refractivity contribution in [3.05, 3.63) is 0 Å². The number of amides is 1. The highest BCUT2D eigenvalue weighted by Crippen LogP contribution is 2.15. The van der Waals surface area contributed by atoms with Gasteiger partial charge in [-0.1, -0.05) is 6.92 Å². The molecule has 15 heavy (non-hydrogen) atoms. The predicted molar refractivity (Wildman–Crippen MR) is 55.2 cm³/mol. The van der Waals surface area contributed by atoms with Crippen LogP contribution in [-0.2, 0) is 14.3 Å². The van der Waals surface area contributed by atoms with E-state index in [1.165, 1.54) is 7.11 Å². The van der Waals surface area contributed by atoms with Crippen molar-refractivity contribution in [2.45, 2.75) is 13.3 Å². The predicted octanol–water partition coefficient (Wildman–Crippen LogP) is -0.479. The summed E-state index contributed by atoms with van der Waals surface area (Å²) < 4.78 is 4.47. The van der Waals surface area contributed by atoms with E-state index in [0.29, 0.717) is 12.5 Å². The number of ether oxygens (including phenoxy) is 1. The second kappa shape index (κ2) is 5.70. The van der Waals surface area contributed by atoms with Crippen molar-refractivity contribution in [2.24, 2.45) is 11.8 Å². The van der Waals surface area contributed by atoms with Crippen molar-refractivity contribution in [1.29, 1.82) is 0 Å². The zero-order valence-corrected chi connectivity index (χ0v) is 9.21. The molecule has 0 radical (unpaired) electrons. The molecule has 1 saturated heterocycles. The lowest BCUT2D eigenvalue weighted by Gasteiger charge is -2.31. The van der Waals surface area contributed by atoms with Crippen molar-refractivity contribution in [2.75, 3.05) is 26.7 Å². The maximum absolute atomic E-state index is 11.6. The Bertz CT molecular complexity index is 239. The van der Waals surface area contributed by atoms with Crippen molar-refractivity contribution in [3.8, 4) is 0 Å². The van der Waals surface area contributed by atoms with Gasteiger partial charge in [0.25, 0.3) is 0 Å². The highest BCUT2D eigenvalue weighted by atomic mass is 16.5. The van der Waals surface area contributed by atoms with Crippen LogP contribution in [0.25, 0.3) is 0 Å². The first-order valence-electron chi connectivity index (χ1n) is 5.20. The van der Waals surface area contributed by atoms with Crippen LogP contribution in [0.2, 0.25) is 0 Å². The maximum Gasteiger partial charge on any atom is 0.307 e. The highest BCUT2D eigenvalue weighted by Gasteiger charge is 2.28. The molecule has 5 nitrogen and oxygen atoms in total. The van der Waals surface area contributed by atoms with E-state index < -0.39 is 0 Å². The van der Waals surface area contributed by atoms with Crippen molar-refractivity contribution in [1.82, 2.24) is 10.6 Å². The number of hydrogen-bond donors (Lipinski definition) is 2. The van der Waals surface area contributed by atoms with Crippen LogP contribution in [0.5, 0.6) is 0 Å². The number of esters is 1. The molecule has 0 aromatic carbocycles. The normalized spacial score (nSPS) is 17.7. The van der Waals surface area contributed by atoms with Gasteiger partial charge in [0.15, 0.2) is 0 Å². The minimum Gasteiger partial charge on any atom is -0.469 e. The van der Waals surface area contributed by atoms with Gasteiger partial charge in [0, 0.05) is 12.5 Å². The molecule has 2 N–H and O–H groups in total. The van der Waals surface area contributed by atoms with E-state index in [2.05, 4.69) is 15.4 Å². The Morgan fingerprint density at radius 1 is 1.53 bits per heavy atom. The summed E-state index contributed by atoms with van der Waals surface area (Å²) in [7, 11) is 1.34. The van der Waals surface area contributed by atoms with Gasteiger partial charge in [-0.05, 0) is 19.0 Å². The molecule has 0 bridgehead atoms. The van der Waals surface area contributed by atoms with Gasteiger partial charge in [-0.3, -0.25) is 9.59 Å². The molecule has 0 aromatic heterocycles. The zero-order chi connectivity index (χ0) is 11.3. The first kappa shape index (κ1) is 12.0. The first-order chi connectivity index (χ1) is 7.15. The first-order valence-corrected chi connectivity index (χ1v) is 5.20. The van der Waals surface area contributed by atoms with Crippen LogP contribution in [0.15, 0.2) is 0 Å². The molecule has 1 fully saturated rings. The molecule has 1 amide bonds. The Morgan fingerprint density at radius 2 is 2.20 bits per heavy atom. The number of carbonyl (C=O) groups excluding carboxylic acids is 2. The van der Waals surface area contributed by atoms with E-state index in [4.69, 9.17) is 0 Å². The van der Waals surface area contributed by atoms with Crippen LogP contribution >= 0.6 is 0 Å². The molecule has 0 aliphatic carbocycles. The zero-order valence-electron chi connectivity index (χ0n) is 9.21. The molecule has 5 heteroatoms. The molecule has 1 rings (SSSR count). The van der Waals surface area contributed by atoms with E-state index in [0.717, 1.165) is 13.1 Å². The van der Waals surface area contributed by atoms with Crippen LogP contribution < -0.4 is 10.6 Å². The summed E-state index contributed by atoms with van der Waals surface area (Å²) in [4.78, 5) is 22.3. The Hall–Kier alpha value is -1.10. The SMILES string of the molecule is COC(=O)CCNC(=O)C(C)C1CNC1. The summed E-state index contributed by atoms with van der Waals surface area (Å²) in [6.07, 6.45) is 0.234. The fraction of sp³-hybridized carbons (Fsp3) is 0.800. The summed E-state index contributed by atoms with van der Waals surface area (Å²) in [6, 6.07) is 0. The molecule has 1 unspecified atom stereocenters. The average Bonchev–Trinajstić information content (AvgIpc) is 2.14. The minimum absolute atomic E-state index is 0.0175. The molecular formula is C10H18N2O3. The second-order valence-corrected chi connectivity index (χ2v) is 3.82. The van der Waals surface area contributed by atoms with E-state index in [1.54, 1.807) is 0 Å². The molecule has 1 heterocycles. The van der Waals surface area contributed by atoms with Gasteiger partial charge in [0.1, 0.15) is 0 Å². The number of nitrogens with one attached hydrogen (secondary N) is 2. The molecule has 1 atom stereocenters. The summed E-state index contributed by atoms with van der Waals surface area (Å²) in [6.45, 7) is 4.09. The lowest BCUT2D eigenvalue weighted by molar-refractivity contribution is -0.140. The van der Waals surface area contributed by atoms with Gasteiger partial charge in [-0.2, -0.15) is 0 Å². The Morgan fingerprint density at radius 3 is 2.67 bits per heavy atom. The van der Waals surface area contributed by atoms with Gasteiger partial charge in [0.2, 0.25) is 5.91 Å². The van der Waals surface area contributed by atoms with Gasteiger partial charge in [0.05, 0.1) is 13.5 Å². The molecular weight excluding hydrogens is 196 g/mol. The summed E-state index contributed by atoms with van der Waals surface area (Å²) in [5.74, 6) is 0.172.